The predicted octanol–water partition coefficient (Wildman–Crippen LogP) is 3.99. The van der Waals surface area contributed by atoms with Crippen molar-refractivity contribution in [2.75, 3.05) is 24.9 Å². The summed E-state index contributed by atoms with van der Waals surface area (Å²) in [5.74, 6) is -6.10. The number of hydrogen-bond acceptors (Lipinski definition) is 10. The van der Waals surface area contributed by atoms with Crippen molar-refractivity contribution in [3.8, 4) is 0 Å². The summed E-state index contributed by atoms with van der Waals surface area (Å²) in [7, 11) is -1.83. The molecule has 0 heterocycles. The lowest BCUT2D eigenvalue weighted by atomic mass is 10.0. The van der Waals surface area contributed by atoms with Crippen LogP contribution in [0.15, 0.2) is 94.7 Å². The van der Waals surface area contributed by atoms with Crippen molar-refractivity contribution < 1.29 is 56.9 Å². The fraction of sp³-hybridized carbons (Fsp3) is 0.0625. The first-order valence-electron chi connectivity index (χ1n) is 13.3. The number of nitrogens with one attached hydrogen (secondary N) is 2. The molecule has 0 atom stereocenters. The van der Waals surface area contributed by atoms with Crippen molar-refractivity contribution in [1.82, 2.24) is 0 Å². The molecular weight excluding hydrogens is 636 g/mol. The van der Waals surface area contributed by atoms with Gasteiger partial charge in [-0.2, -0.15) is 0 Å². The van der Waals surface area contributed by atoms with Gasteiger partial charge >= 0.3 is 23.9 Å². The van der Waals surface area contributed by atoms with Crippen LogP contribution in [-0.2, 0) is 19.3 Å². The molecule has 4 aromatic carbocycles. The average molecular weight is 661 g/mol. The number of hydrogen-bond donors (Lipinski definition) is 4. The van der Waals surface area contributed by atoms with E-state index >= 15 is 0 Å². The minimum absolute atomic E-state index is 0.0487. The van der Waals surface area contributed by atoms with Gasteiger partial charge in [0.1, 0.15) is 0 Å². The number of sulfone groups is 1. The van der Waals surface area contributed by atoms with E-state index in [2.05, 4.69) is 20.1 Å². The maximum atomic E-state index is 13.2. The fourth-order valence-electron chi connectivity index (χ4n) is 4.29. The molecule has 0 radical (unpaired) electrons. The Bertz CT molecular complexity index is 1900. The lowest BCUT2D eigenvalue weighted by molar-refractivity contribution is 0.0591. The van der Waals surface area contributed by atoms with Crippen molar-refractivity contribution in [2.24, 2.45) is 0 Å². The van der Waals surface area contributed by atoms with Gasteiger partial charge in [0.25, 0.3) is 11.8 Å². The summed E-state index contributed by atoms with van der Waals surface area (Å²) in [5, 5.41) is 23.9. The van der Waals surface area contributed by atoms with Crippen LogP contribution in [0.25, 0.3) is 0 Å². The van der Waals surface area contributed by atoms with E-state index in [1.165, 1.54) is 60.7 Å². The number of methoxy groups -OCH3 is 2. The van der Waals surface area contributed by atoms with Crippen LogP contribution < -0.4 is 10.6 Å². The van der Waals surface area contributed by atoms with Crippen molar-refractivity contribution in [1.29, 1.82) is 0 Å². The third kappa shape index (κ3) is 7.32. The smallest absolute Gasteiger partial charge is 0.337 e. The number of ether oxygens (including phenoxy) is 2. The maximum Gasteiger partial charge on any atom is 0.337 e. The van der Waals surface area contributed by atoms with E-state index in [0.717, 1.165) is 38.5 Å². The van der Waals surface area contributed by atoms with E-state index in [1.54, 1.807) is 0 Å². The minimum atomic E-state index is -4.09. The number of anilines is 2. The van der Waals surface area contributed by atoms with E-state index in [4.69, 9.17) is 0 Å². The summed E-state index contributed by atoms with van der Waals surface area (Å²) < 4.78 is 35.7. The van der Waals surface area contributed by atoms with Gasteiger partial charge in [-0.25, -0.2) is 27.6 Å². The van der Waals surface area contributed by atoms with Crippen LogP contribution >= 0.6 is 0 Å². The number of amides is 2. The standard InChI is InChI=1S/C32H24N2O12S/c1-45-31(41)17-3-13-23(29(37)38)25(15-17)27(35)33-19-5-9-21(10-6-19)47(43,44)22-11-7-20(8-12-22)34-28(36)26-16-18(32(42)46-2)4-14-24(26)30(39)40/h3-16H,1-2H3,(H,33,35)(H,34,36)(H,37,38)(H,39,40). The molecule has 4 aromatic rings. The first-order chi connectivity index (χ1) is 22.3. The van der Waals surface area contributed by atoms with Crippen LogP contribution in [0.5, 0.6) is 0 Å². The van der Waals surface area contributed by atoms with Gasteiger partial charge in [-0.15, -0.1) is 0 Å². The Balaban J connectivity index is 1.51. The van der Waals surface area contributed by atoms with E-state index < -0.39 is 45.5 Å². The fourth-order valence-corrected chi connectivity index (χ4v) is 5.56. The number of aromatic carboxylic acids is 2. The summed E-state index contributed by atoms with van der Waals surface area (Å²) in [4.78, 5) is 72.4. The topological polar surface area (TPSA) is 220 Å². The molecule has 0 aliphatic carbocycles. The quantitative estimate of drug-likeness (QED) is 0.177. The average Bonchev–Trinajstić information content (AvgIpc) is 3.07. The number of rotatable bonds is 10. The SMILES string of the molecule is COC(=O)c1ccc(C(=O)O)c(C(=O)Nc2ccc(S(=O)(=O)c3ccc(NC(=O)c4cc(C(=O)OC)ccc4C(=O)O)cc3)cc2)c1. The van der Waals surface area contributed by atoms with Crippen molar-refractivity contribution in [2.45, 2.75) is 9.79 Å². The molecule has 0 unspecified atom stereocenters. The largest absolute Gasteiger partial charge is 0.478 e. The second-order valence-corrected chi connectivity index (χ2v) is 11.5. The molecule has 240 valence electrons. The van der Waals surface area contributed by atoms with Gasteiger partial charge in [0, 0.05) is 11.4 Å². The third-order valence-electron chi connectivity index (χ3n) is 6.68. The number of carbonyl (C=O) groups excluding carboxylic acids is 4. The van der Waals surface area contributed by atoms with Crippen LogP contribution in [0.1, 0.15) is 62.1 Å². The van der Waals surface area contributed by atoms with E-state index in [1.807, 2.05) is 0 Å². The van der Waals surface area contributed by atoms with Crippen LogP contribution in [0.2, 0.25) is 0 Å². The summed E-state index contributed by atoms with van der Waals surface area (Å²) in [6, 6.07) is 16.7. The zero-order valence-corrected chi connectivity index (χ0v) is 25.3. The van der Waals surface area contributed by atoms with E-state index in [-0.39, 0.29) is 54.5 Å². The molecular formula is C32H24N2O12S. The second-order valence-electron chi connectivity index (χ2n) is 9.57. The Labute approximate surface area is 266 Å². The Morgan fingerprint density at radius 3 is 1.17 bits per heavy atom. The molecule has 2 amide bonds. The van der Waals surface area contributed by atoms with Gasteiger partial charge in [-0.3, -0.25) is 9.59 Å². The highest BCUT2D eigenvalue weighted by molar-refractivity contribution is 7.91. The van der Waals surface area contributed by atoms with Crippen molar-refractivity contribution in [3.63, 3.8) is 0 Å². The molecule has 15 heteroatoms. The highest BCUT2D eigenvalue weighted by Crippen LogP contribution is 2.25. The predicted molar refractivity (Wildman–Crippen MR) is 164 cm³/mol. The van der Waals surface area contributed by atoms with Crippen molar-refractivity contribution >= 4 is 56.9 Å². The second kappa shape index (κ2) is 13.7. The lowest BCUT2D eigenvalue weighted by Crippen LogP contribution is -2.18. The third-order valence-corrected chi connectivity index (χ3v) is 8.46. The number of esters is 2. The van der Waals surface area contributed by atoms with E-state index in [0.29, 0.717) is 0 Å². The highest BCUT2D eigenvalue weighted by atomic mass is 32.2. The summed E-state index contributed by atoms with van der Waals surface area (Å²) in [6.07, 6.45) is 0. The molecule has 0 aliphatic heterocycles. The monoisotopic (exact) mass is 660 g/mol. The highest BCUT2D eigenvalue weighted by Gasteiger charge is 2.23. The molecule has 0 aliphatic rings. The first-order valence-corrected chi connectivity index (χ1v) is 14.7. The van der Waals surface area contributed by atoms with Crippen molar-refractivity contribution in [3.05, 3.63) is 118 Å². The molecule has 0 fully saturated rings. The zero-order valence-electron chi connectivity index (χ0n) is 24.5. The minimum Gasteiger partial charge on any atom is -0.478 e. The van der Waals surface area contributed by atoms with Gasteiger partial charge in [-0.1, -0.05) is 0 Å². The molecule has 0 spiro atoms. The van der Waals surface area contributed by atoms with Gasteiger partial charge in [0.15, 0.2) is 0 Å². The molecule has 0 bridgehead atoms. The number of benzene rings is 4. The Hall–Kier alpha value is -6.35. The van der Waals surface area contributed by atoms with Crippen LogP contribution in [-0.4, -0.2) is 68.5 Å². The van der Waals surface area contributed by atoms with E-state index in [9.17, 15) is 47.4 Å². The van der Waals surface area contributed by atoms with Crippen LogP contribution in [0.3, 0.4) is 0 Å². The number of carboxylic acids is 2. The first kappa shape index (κ1) is 33.5. The number of carboxylic acid groups (broad SMARTS) is 2. The molecule has 4 rings (SSSR count). The zero-order chi connectivity index (χ0) is 34.5. The lowest BCUT2D eigenvalue weighted by Gasteiger charge is -2.11. The summed E-state index contributed by atoms with van der Waals surface area (Å²) in [6.45, 7) is 0. The Morgan fingerprint density at radius 2 is 0.872 bits per heavy atom. The Morgan fingerprint density at radius 1 is 0.532 bits per heavy atom. The van der Waals surface area contributed by atoms with Crippen LogP contribution in [0.4, 0.5) is 11.4 Å². The molecule has 4 N–H and O–H groups in total. The van der Waals surface area contributed by atoms with Gasteiger partial charge < -0.3 is 30.3 Å². The maximum absolute atomic E-state index is 13.2. The van der Waals surface area contributed by atoms with Gasteiger partial charge in [0.05, 0.1) is 57.4 Å². The summed E-state index contributed by atoms with van der Waals surface area (Å²) in [5.41, 5.74) is -1.22. The van der Waals surface area contributed by atoms with Gasteiger partial charge in [-0.05, 0) is 84.9 Å². The summed E-state index contributed by atoms with van der Waals surface area (Å²) >= 11 is 0. The molecule has 0 saturated heterocycles. The molecule has 47 heavy (non-hydrogen) atoms. The normalized spacial score (nSPS) is 10.8. The molecule has 0 aromatic heterocycles. The van der Waals surface area contributed by atoms with Gasteiger partial charge in [0.2, 0.25) is 9.84 Å². The molecule has 0 saturated carbocycles. The number of carbonyl (C=O) groups is 6. The Kier molecular flexibility index (Phi) is 9.81. The van der Waals surface area contributed by atoms with Crippen LogP contribution in [0, 0.1) is 0 Å². The molecule has 14 nitrogen and oxygen atoms in total.